The van der Waals surface area contributed by atoms with E-state index in [4.69, 9.17) is 16.7 Å². The molecule has 1 heterocycles. The van der Waals surface area contributed by atoms with Crippen molar-refractivity contribution in [2.24, 2.45) is 0 Å². The summed E-state index contributed by atoms with van der Waals surface area (Å²) in [5.41, 5.74) is 0. The Labute approximate surface area is 118 Å². The Kier molecular flexibility index (Phi) is 5.99. The highest BCUT2D eigenvalue weighted by atomic mass is 35.5. The van der Waals surface area contributed by atoms with Crippen molar-refractivity contribution in [2.75, 3.05) is 32.1 Å². The molecule has 0 amide bonds. The molecular formula is C11H18ClN3O3S. The number of anilines is 1. The van der Waals surface area contributed by atoms with E-state index in [1.54, 1.807) is 7.05 Å². The Morgan fingerprint density at radius 2 is 2.16 bits per heavy atom. The summed E-state index contributed by atoms with van der Waals surface area (Å²) in [5.74, 6) is 0.421. The lowest BCUT2D eigenvalue weighted by molar-refractivity contribution is 0.253. The molecule has 0 aliphatic carbocycles. The minimum atomic E-state index is -3.67. The van der Waals surface area contributed by atoms with Crippen molar-refractivity contribution in [1.29, 1.82) is 0 Å². The van der Waals surface area contributed by atoms with Crippen LogP contribution < -0.4 is 5.32 Å². The molecule has 0 saturated heterocycles. The number of nitrogens with one attached hydrogen (secondary N) is 1. The van der Waals surface area contributed by atoms with Gasteiger partial charge in [-0.2, -0.15) is 4.31 Å². The van der Waals surface area contributed by atoms with Gasteiger partial charge in [-0.05, 0) is 12.5 Å². The van der Waals surface area contributed by atoms with E-state index < -0.39 is 10.0 Å². The topological polar surface area (TPSA) is 82.5 Å². The molecule has 1 rings (SSSR count). The van der Waals surface area contributed by atoms with Crippen LogP contribution in [-0.4, -0.2) is 49.6 Å². The van der Waals surface area contributed by atoms with Gasteiger partial charge in [-0.1, -0.05) is 18.5 Å². The zero-order chi connectivity index (χ0) is 14.5. The molecule has 0 atom stereocenters. The number of aliphatic hydroxyl groups excluding tert-OH is 1. The zero-order valence-electron chi connectivity index (χ0n) is 10.9. The van der Waals surface area contributed by atoms with Gasteiger partial charge in [0, 0.05) is 26.3 Å². The van der Waals surface area contributed by atoms with E-state index in [-0.39, 0.29) is 23.1 Å². The van der Waals surface area contributed by atoms with Gasteiger partial charge in [0.25, 0.3) is 0 Å². The minimum Gasteiger partial charge on any atom is -0.395 e. The molecule has 108 valence electrons. The van der Waals surface area contributed by atoms with E-state index in [1.807, 2.05) is 6.92 Å². The molecule has 1 aromatic heterocycles. The van der Waals surface area contributed by atoms with Gasteiger partial charge in [-0.25, -0.2) is 13.4 Å². The third-order valence-corrected chi connectivity index (χ3v) is 4.67. The Hall–Kier alpha value is -0.890. The highest BCUT2D eigenvalue weighted by Gasteiger charge is 2.24. The third-order valence-electron chi connectivity index (χ3n) is 2.51. The van der Waals surface area contributed by atoms with Gasteiger partial charge >= 0.3 is 0 Å². The quantitative estimate of drug-likeness (QED) is 0.790. The van der Waals surface area contributed by atoms with Crippen molar-refractivity contribution in [3.63, 3.8) is 0 Å². The van der Waals surface area contributed by atoms with E-state index in [0.29, 0.717) is 18.8 Å². The van der Waals surface area contributed by atoms with Crippen LogP contribution in [0.2, 0.25) is 5.02 Å². The number of rotatable bonds is 7. The molecule has 1 aromatic rings. The summed E-state index contributed by atoms with van der Waals surface area (Å²) < 4.78 is 25.9. The van der Waals surface area contributed by atoms with Crippen LogP contribution in [0.3, 0.4) is 0 Å². The van der Waals surface area contributed by atoms with Gasteiger partial charge < -0.3 is 10.4 Å². The second-order valence-corrected chi connectivity index (χ2v) is 6.22. The largest absolute Gasteiger partial charge is 0.395 e. The number of pyridine rings is 1. The highest BCUT2D eigenvalue weighted by Crippen LogP contribution is 2.24. The Morgan fingerprint density at radius 1 is 1.47 bits per heavy atom. The number of aromatic nitrogens is 1. The molecule has 0 radical (unpaired) electrons. The molecular weight excluding hydrogens is 290 g/mol. The van der Waals surface area contributed by atoms with Crippen LogP contribution in [0.5, 0.6) is 0 Å². The second-order valence-electron chi connectivity index (χ2n) is 3.88. The lowest BCUT2D eigenvalue weighted by atomic mass is 10.4. The molecule has 0 aliphatic rings. The van der Waals surface area contributed by atoms with E-state index in [9.17, 15) is 8.42 Å². The van der Waals surface area contributed by atoms with Crippen LogP contribution >= 0.6 is 11.6 Å². The molecule has 0 bridgehead atoms. The van der Waals surface area contributed by atoms with Crippen LogP contribution in [0.25, 0.3) is 0 Å². The lowest BCUT2D eigenvalue weighted by Crippen LogP contribution is -2.34. The fourth-order valence-corrected chi connectivity index (χ4v) is 3.43. The number of aliphatic hydroxyl groups is 1. The first-order valence-electron chi connectivity index (χ1n) is 5.91. The smallest absolute Gasteiger partial charge is 0.244 e. The Balaban J connectivity index is 3.14. The van der Waals surface area contributed by atoms with Gasteiger partial charge in [-0.3, -0.25) is 0 Å². The summed E-state index contributed by atoms with van der Waals surface area (Å²) in [7, 11) is -2.02. The van der Waals surface area contributed by atoms with Crippen molar-refractivity contribution in [2.45, 2.75) is 18.2 Å². The van der Waals surface area contributed by atoms with E-state index in [1.165, 1.54) is 16.6 Å². The summed E-state index contributed by atoms with van der Waals surface area (Å²) in [5, 5.41) is 12.0. The average Bonchev–Trinajstić information content (AvgIpc) is 2.38. The predicted octanol–water partition coefficient (Wildman–Crippen LogP) is 1.17. The first-order valence-corrected chi connectivity index (χ1v) is 7.73. The fourth-order valence-electron chi connectivity index (χ4n) is 1.61. The van der Waals surface area contributed by atoms with Gasteiger partial charge in [-0.15, -0.1) is 0 Å². The number of nitrogens with zero attached hydrogens (tertiary/aromatic N) is 2. The maximum atomic E-state index is 12.4. The Morgan fingerprint density at radius 3 is 2.63 bits per heavy atom. The lowest BCUT2D eigenvalue weighted by Gasteiger charge is -2.20. The van der Waals surface area contributed by atoms with E-state index in [0.717, 1.165) is 0 Å². The summed E-state index contributed by atoms with van der Waals surface area (Å²) in [6.07, 6.45) is 1.92. The molecule has 19 heavy (non-hydrogen) atoms. The van der Waals surface area contributed by atoms with Crippen LogP contribution in [0, 0.1) is 0 Å². The molecule has 0 unspecified atom stereocenters. The van der Waals surface area contributed by atoms with Crippen molar-refractivity contribution >= 4 is 27.4 Å². The van der Waals surface area contributed by atoms with Crippen molar-refractivity contribution in [3.05, 3.63) is 17.3 Å². The monoisotopic (exact) mass is 307 g/mol. The maximum absolute atomic E-state index is 12.4. The number of hydrogen-bond donors (Lipinski definition) is 2. The highest BCUT2D eigenvalue weighted by molar-refractivity contribution is 7.89. The molecule has 0 aliphatic heterocycles. The third kappa shape index (κ3) is 3.79. The number of halogens is 1. The zero-order valence-corrected chi connectivity index (χ0v) is 12.5. The standard InChI is InChI=1S/C11H18ClN3O3S/c1-3-4-15(5-6-16)19(17,18)9-7-10(12)11(13-2)14-8-9/h7-8,16H,3-6H2,1-2H3,(H,13,14). The summed E-state index contributed by atoms with van der Waals surface area (Å²) >= 11 is 5.94. The van der Waals surface area contributed by atoms with E-state index >= 15 is 0 Å². The first-order chi connectivity index (χ1) is 8.97. The van der Waals surface area contributed by atoms with E-state index in [2.05, 4.69) is 10.3 Å². The molecule has 0 spiro atoms. The molecule has 0 saturated carbocycles. The van der Waals surface area contributed by atoms with Gasteiger partial charge in [0.05, 0.1) is 11.6 Å². The SMILES string of the molecule is CCCN(CCO)S(=O)(=O)c1cnc(NC)c(Cl)c1. The normalized spacial score (nSPS) is 11.8. The number of sulfonamides is 1. The van der Waals surface area contributed by atoms with Gasteiger partial charge in [0.2, 0.25) is 10.0 Å². The summed E-state index contributed by atoms with van der Waals surface area (Å²) in [6.45, 7) is 2.04. The van der Waals surface area contributed by atoms with Crippen LogP contribution in [0.4, 0.5) is 5.82 Å². The van der Waals surface area contributed by atoms with Crippen molar-refractivity contribution in [1.82, 2.24) is 9.29 Å². The molecule has 0 aromatic carbocycles. The first kappa shape index (κ1) is 16.2. The van der Waals surface area contributed by atoms with Crippen LogP contribution in [-0.2, 0) is 10.0 Å². The summed E-state index contributed by atoms with van der Waals surface area (Å²) in [4.78, 5) is 3.98. The van der Waals surface area contributed by atoms with Crippen molar-refractivity contribution < 1.29 is 13.5 Å². The summed E-state index contributed by atoms with van der Waals surface area (Å²) in [6, 6.07) is 1.36. The van der Waals surface area contributed by atoms with Gasteiger partial charge in [0.15, 0.2) is 0 Å². The second kappa shape index (κ2) is 7.04. The number of hydrogen-bond acceptors (Lipinski definition) is 5. The predicted molar refractivity (Wildman–Crippen MR) is 74.9 cm³/mol. The molecule has 6 nitrogen and oxygen atoms in total. The van der Waals surface area contributed by atoms with Crippen LogP contribution in [0.1, 0.15) is 13.3 Å². The molecule has 0 fully saturated rings. The van der Waals surface area contributed by atoms with Crippen molar-refractivity contribution in [3.8, 4) is 0 Å². The minimum absolute atomic E-state index is 0.0263. The fraction of sp³-hybridized carbons (Fsp3) is 0.545. The van der Waals surface area contributed by atoms with Crippen LogP contribution in [0.15, 0.2) is 17.2 Å². The molecule has 2 N–H and O–H groups in total. The average molecular weight is 308 g/mol. The molecule has 8 heteroatoms. The maximum Gasteiger partial charge on any atom is 0.244 e. The Bertz CT molecular complexity index is 516. The van der Waals surface area contributed by atoms with Gasteiger partial charge in [0.1, 0.15) is 10.7 Å².